The number of piperazine rings is 2. The van der Waals surface area contributed by atoms with Crippen LogP contribution in [0.1, 0.15) is 20.8 Å². The molecule has 2 heterocycles. The molecule has 0 aromatic carbocycles. The van der Waals surface area contributed by atoms with Crippen molar-refractivity contribution in [3.8, 4) is 0 Å². The molecule has 2 fully saturated rings. The Kier molecular flexibility index (Phi) is 11.9. The van der Waals surface area contributed by atoms with Crippen LogP contribution in [0.5, 0.6) is 0 Å². The van der Waals surface area contributed by atoms with Gasteiger partial charge in [0.15, 0.2) is 0 Å². The van der Waals surface area contributed by atoms with Crippen molar-refractivity contribution in [1.29, 1.82) is 0 Å². The Morgan fingerprint density at radius 3 is 1.70 bits per heavy atom. The van der Waals surface area contributed by atoms with Crippen molar-refractivity contribution in [1.82, 2.24) is 20.0 Å². The summed E-state index contributed by atoms with van der Waals surface area (Å²) in [6.07, 6.45) is -0.219. The molecule has 9 heteroatoms. The molecule has 0 saturated carbocycles. The Labute approximate surface area is 181 Å². The molecule has 2 aliphatic heterocycles. The third-order valence-electron chi connectivity index (χ3n) is 5.08. The summed E-state index contributed by atoms with van der Waals surface area (Å²) < 4.78 is 22.3. The number of nitrogens with one attached hydrogen (secondary N) is 1. The van der Waals surface area contributed by atoms with Gasteiger partial charge in [-0.1, -0.05) is 0 Å². The summed E-state index contributed by atoms with van der Waals surface area (Å²) in [5.41, 5.74) is -0.443. The molecule has 0 spiro atoms. The van der Waals surface area contributed by atoms with Crippen LogP contribution in [-0.2, 0) is 18.9 Å². The summed E-state index contributed by atoms with van der Waals surface area (Å²) in [7, 11) is 0. The molecule has 0 aromatic rings. The summed E-state index contributed by atoms with van der Waals surface area (Å²) in [4.78, 5) is 18.6. The zero-order valence-corrected chi connectivity index (χ0v) is 19.2. The molecule has 0 radical (unpaired) electrons. The monoisotopic (exact) mass is 430 g/mol. The zero-order chi connectivity index (χ0) is 21.7. The van der Waals surface area contributed by atoms with Crippen molar-refractivity contribution in [2.24, 2.45) is 0 Å². The number of carbonyl (C=O) groups excluding carboxylic acids is 1. The van der Waals surface area contributed by atoms with Crippen LogP contribution in [0, 0.1) is 0 Å². The zero-order valence-electron chi connectivity index (χ0n) is 19.2. The molecule has 176 valence electrons. The second kappa shape index (κ2) is 14.2. The molecule has 2 aliphatic rings. The number of rotatable bonds is 12. The number of amides is 1. The van der Waals surface area contributed by atoms with Crippen molar-refractivity contribution in [2.75, 3.05) is 105 Å². The van der Waals surface area contributed by atoms with E-state index < -0.39 is 5.60 Å². The van der Waals surface area contributed by atoms with E-state index in [1.54, 1.807) is 4.90 Å². The van der Waals surface area contributed by atoms with E-state index in [9.17, 15) is 4.79 Å². The first-order valence-electron chi connectivity index (χ1n) is 11.3. The highest BCUT2D eigenvalue weighted by Crippen LogP contribution is 2.11. The maximum absolute atomic E-state index is 12.1. The Bertz CT molecular complexity index is 461. The molecule has 1 amide bonds. The summed E-state index contributed by atoms with van der Waals surface area (Å²) in [5, 5.41) is 3.35. The van der Waals surface area contributed by atoms with Gasteiger partial charge >= 0.3 is 6.09 Å². The lowest BCUT2D eigenvalue weighted by Gasteiger charge is -2.35. The summed E-state index contributed by atoms with van der Waals surface area (Å²) in [5.74, 6) is 0. The normalized spacial score (nSPS) is 19.2. The molecule has 9 nitrogen and oxygen atoms in total. The lowest BCUT2D eigenvalue weighted by molar-refractivity contribution is -0.0000685. The molecule has 0 atom stereocenters. The maximum Gasteiger partial charge on any atom is 0.410 e. The number of hydrogen-bond donors (Lipinski definition) is 1. The smallest absolute Gasteiger partial charge is 0.410 e. The summed E-state index contributed by atoms with van der Waals surface area (Å²) in [6.45, 7) is 18.9. The first-order chi connectivity index (χ1) is 14.4. The van der Waals surface area contributed by atoms with Gasteiger partial charge in [0.1, 0.15) is 5.60 Å². The highest BCUT2D eigenvalue weighted by atomic mass is 16.6. The van der Waals surface area contributed by atoms with Gasteiger partial charge in [0.25, 0.3) is 0 Å². The second-order valence-electron chi connectivity index (χ2n) is 8.74. The minimum atomic E-state index is -0.443. The van der Waals surface area contributed by atoms with Crippen LogP contribution in [0.2, 0.25) is 0 Å². The third kappa shape index (κ3) is 11.4. The highest BCUT2D eigenvalue weighted by Gasteiger charge is 2.25. The van der Waals surface area contributed by atoms with E-state index in [-0.39, 0.29) is 6.09 Å². The van der Waals surface area contributed by atoms with Gasteiger partial charge in [-0.2, -0.15) is 0 Å². The predicted octanol–water partition coefficient (Wildman–Crippen LogP) is 0.494. The average molecular weight is 431 g/mol. The molecule has 2 saturated heterocycles. The van der Waals surface area contributed by atoms with Crippen molar-refractivity contribution >= 4 is 6.09 Å². The van der Waals surface area contributed by atoms with Gasteiger partial charge in [-0.05, 0) is 20.8 Å². The predicted molar refractivity (Wildman–Crippen MR) is 116 cm³/mol. The van der Waals surface area contributed by atoms with Crippen LogP contribution in [0.4, 0.5) is 4.79 Å². The number of carbonyl (C=O) groups is 1. The lowest BCUT2D eigenvalue weighted by atomic mass is 10.2. The Morgan fingerprint density at radius 2 is 1.20 bits per heavy atom. The van der Waals surface area contributed by atoms with Crippen molar-refractivity contribution in [2.45, 2.75) is 26.4 Å². The topological polar surface area (TPSA) is 75.7 Å². The lowest BCUT2D eigenvalue weighted by Crippen LogP contribution is -2.50. The number of nitrogens with zero attached hydrogens (tertiary/aromatic N) is 3. The summed E-state index contributed by atoms with van der Waals surface area (Å²) in [6, 6.07) is 0. The van der Waals surface area contributed by atoms with Crippen LogP contribution >= 0.6 is 0 Å². The first kappa shape index (κ1) is 25.3. The van der Waals surface area contributed by atoms with Gasteiger partial charge in [-0.25, -0.2) is 4.79 Å². The quantitative estimate of drug-likeness (QED) is 0.449. The van der Waals surface area contributed by atoms with Crippen LogP contribution in [-0.4, -0.2) is 131 Å². The molecular formula is C21H42N4O5. The van der Waals surface area contributed by atoms with Crippen molar-refractivity contribution in [3.63, 3.8) is 0 Å². The Balaban J connectivity index is 1.34. The van der Waals surface area contributed by atoms with Crippen molar-refractivity contribution < 1.29 is 23.7 Å². The third-order valence-corrected chi connectivity index (χ3v) is 5.08. The largest absolute Gasteiger partial charge is 0.444 e. The van der Waals surface area contributed by atoms with E-state index in [2.05, 4.69) is 15.1 Å². The number of ether oxygens (including phenoxy) is 4. The minimum Gasteiger partial charge on any atom is -0.444 e. The standard InChI is InChI=1S/C21H42N4O5/c1-21(2,3)30-20(26)25-10-8-24(9-11-25)13-15-28-17-19-29-18-16-27-14-12-23-6-4-22-5-7-23/h22H,4-19H2,1-3H3. The Hall–Kier alpha value is -0.970. The maximum atomic E-state index is 12.1. The highest BCUT2D eigenvalue weighted by molar-refractivity contribution is 5.68. The van der Waals surface area contributed by atoms with E-state index in [0.717, 1.165) is 59.0 Å². The van der Waals surface area contributed by atoms with Crippen LogP contribution in [0.25, 0.3) is 0 Å². The van der Waals surface area contributed by atoms with E-state index in [1.807, 2.05) is 20.8 Å². The minimum absolute atomic E-state index is 0.219. The van der Waals surface area contributed by atoms with E-state index in [4.69, 9.17) is 18.9 Å². The second-order valence-corrected chi connectivity index (χ2v) is 8.74. The van der Waals surface area contributed by atoms with Gasteiger partial charge in [-0.15, -0.1) is 0 Å². The van der Waals surface area contributed by atoms with Crippen molar-refractivity contribution in [3.05, 3.63) is 0 Å². The number of hydrogen-bond acceptors (Lipinski definition) is 8. The van der Waals surface area contributed by atoms with Gasteiger partial charge in [0, 0.05) is 65.4 Å². The fourth-order valence-corrected chi connectivity index (χ4v) is 3.34. The molecule has 2 rings (SSSR count). The van der Waals surface area contributed by atoms with Gasteiger partial charge in [0.05, 0.1) is 39.6 Å². The van der Waals surface area contributed by atoms with Gasteiger partial charge in [-0.3, -0.25) is 9.80 Å². The fraction of sp³-hybridized carbons (Fsp3) is 0.952. The molecule has 0 unspecified atom stereocenters. The molecule has 30 heavy (non-hydrogen) atoms. The average Bonchev–Trinajstić information content (AvgIpc) is 2.72. The molecule has 0 aliphatic carbocycles. The summed E-state index contributed by atoms with van der Waals surface area (Å²) >= 11 is 0. The van der Waals surface area contributed by atoms with Gasteiger partial charge in [0.2, 0.25) is 0 Å². The first-order valence-corrected chi connectivity index (χ1v) is 11.3. The fourth-order valence-electron chi connectivity index (χ4n) is 3.34. The Morgan fingerprint density at radius 1 is 0.733 bits per heavy atom. The van der Waals surface area contributed by atoms with E-state index in [1.165, 1.54) is 0 Å². The van der Waals surface area contributed by atoms with Crippen LogP contribution < -0.4 is 5.32 Å². The van der Waals surface area contributed by atoms with E-state index in [0.29, 0.717) is 46.1 Å². The van der Waals surface area contributed by atoms with Crippen LogP contribution in [0.3, 0.4) is 0 Å². The SMILES string of the molecule is CC(C)(C)OC(=O)N1CCN(CCOCCOCCOCCN2CCNCC2)CC1. The van der Waals surface area contributed by atoms with Crippen LogP contribution in [0.15, 0.2) is 0 Å². The van der Waals surface area contributed by atoms with E-state index >= 15 is 0 Å². The molecular weight excluding hydrogens is 388 g/mol. The molecule has 0 bridgehead atoms. The molecule has 1 N–H and O–H groups in total. The molecule has 0 aromatic heterocycles. The van der Waals surface area contributed by atoms with Gasteiger partial charge < -0.3 is 29.2 Å².